The molecular weight excluding hydrogens is 150 g/mol. The van der Waals surface area contributed by atoms with E-state index in [0.29, 0.717) is 5.92 Å². The SMILES string of the molecule is CCC(C)CC(C)C(=O)N(C)C. The normalized spacial score (nSPS) is 15.4. The predicted molar refractivity (Wildman–Crippen MR) is 51.9 cm³/mol. The molecule has 0 saturated carbocycles. The molecule has 0 bridgehead atoms. The van der Waals surface area contributed by atoms with Crippen molar-refractivity contribution in [1.82, 2.24) is 4.90 Å². The maximum atomic E-state index is 11.4. The molecule has 2 unspecified atom stereocenters. The van der Waals surface area contributed by atoms with Crippen molar-refractivity contribution < 1.29 is 4.79 Å². The van der Waals surface area contributed by atoms with E-state index in [9.17, 15) is 4.79 Å². The first-order valence-corrected chi connectivity index (χ1v) is 4.70. The molecule has 0 rings (SSSR count). The first kappa shape index (κ1) is 11.5. The van der Waals surface area contributed by atoms with Gasteiger partial charge in [-0.15, -0.1) is 0 Å². The monoisotopic (exact) mass is 171 g/mol. The molecule has 0 fully saturated rings. The third-order valence-electron chi connectivity index (χ3n) is 2.32. The summed E-state index contributed by atoms with van der Waals surface area (Å²) in [6.07, 6.45) is 2.17. The lowest BCUT2D eigenvalue weighted by Crippen LogP contribution is -2.28. The summed E-state index contributed by atoms with van der Waals surface area (Å²) >= 11 is 0. The summed E-state index contributed by atoms with van der Waals surface area (Å²) in [6.45, 7) is 6.37. The minimum absolute atomic E-state index is 0.176. The van der Waals surface area contributed by atoms with Crippen molar-refractivity contribution in [2.45, 2.75) is 33.6 Å². The molecule has 2 heteroatoms. The summed E-state index contributed by atoms with van der Waals surface area (Å²) in [5.74, 6) is 1.08. The summed E-state index contributed by atoms with van der Waals surface area (Å²) < 4.78 is 0. The number of carbonyl (C=O) groups excluding carboxylic acids is 1. The molecule has 12 heavy (non-hydrogen) atoms. The molecule has 0 aliphatic heterocycles. The van der Waals surface area contributed by atoms with E-state index < -0.39 is 0 Å². The van der Waals surface area contributed by atoms with E-state index in [0.717, 1.165) is 12.8 Å². The predicted octanol–water partition coefficient (Wildman–Crippen LogP) is 2.15. The maximum absolute atomic E-state index is 11.4. The molecule has 1 amide bonds. The zero-order valence-electron chi connectivity index (χ0n) is 8.92. The van der Waals surface area contributed by atoms with Crippen LogP contribution in [0.2, 0.25) is 0 Å². The van der Waals surface area contributed by atoms with Crippen molar-refractivity contribution in [3.05, 3.63) is 0 Å². The van der Waals surface area contributed by atoms with Gasteiger partial charge in [-0.05, 0) is 12.3 Å². The molecule has 0 aliphatic carbocycles. The molecule has 0 aromatic heterocycles. The van der Waals surface area contributed by atoms with Gasteiger partial charge in [-0.2, -0.15) is 0 Å². The average Bonchev–Trinajstić information content (AvgIpc) is 2.02. The van der Waals surface area contributed by atoms with Crippen LogP contribution in [0.4, 0.5) is 0 Å². The van der Waals surface area contributed by atoms with Crippen LogP contribution in [0.15, 0.2) is 0 Å². The van der Waals surface area contributed by atoms with Gasteiger partial charge in [0.05, 0.1) is 0 Å². The van der Waals surface area contributed by atoms with Gasteiger partial charge in [-0.1, -0.05) is 27.2 Å². The molecule has 0 aromatic carbocycles. The Morgan fingerprint density at radius 1 is 1.33 bits per heavy atom. The van der Waals surface area contributed by atoms with Crippen molar-refractivity contribution >= 4 is 5.91 Å². The zero-order valence-corrected chi connectivity index (χ0v) is 8.92. The smallest absolute Gasteiger partial charge is 0.224 e. The molecule has 0 N–H and O–H groups in total. The zero-order chi connectivity index (χ0) is 9.72. The van der Waals surface area contributed by atoms with Gasteiger partial charge in [0.1, 0.15) is 0 Å². The third kappa shape index (κ3) is 3.74. The van der Waals surface area contributed by atoms with Gasteiger partial charge >= 0.3 is 0 Å². The Bertz CT molecular complexity index is 143. The Morgan fingerprint density at radius 2 is 1.83 bits per heavy atom. The van der Waals surface area contributed by atoms with Crippen molar-refractivity contribution in [1.29, 1.82) is 0 Å². The molecule has 0 aliphatic rings. The van der Waals surface area contributed by atoms with Crippen LogP contribution in [0.1, 0.15) is 33.6 Å². The number of amides is 1. The fourth-order valence-corrected chi connectivity index (χ4v) is 1.31. The lowest BCUT2D eigenvalue weighted by molar-refractivity contribution is -0.132. The van der Waals surface area contributed by atoms with E-state index in [1.807, 2.05) is 21.0 Å². The Kier molecular flexibility index (Phi) is 4.95. The van der Waals surface area contributed by atoms with E-state index in [4.69, 9.17) is 0 Å². The van der Waals surface area contributed by atoms with Gasteiger partial charge in [0.15, 0.2) is 0 Å². The Balaban J connectivity index is 3.86. The van der Waals surface area contributed by atoms with Gasteiger partial charge in [-0.3, -0.25) is 4.79 Å². The Morgan fingerprint density at radius 3 is 2.17 bits per heavy atom. The molecule has 0 saturated heterocycles. The topological polar surface area (TPSA) is 20.3 Å². The lowest BCUT2D eigenvalue weighted by atomic mass is 9.94. The Labute approximate surface area is 75.9 Å². The van der Waals surface area contributed by atoms with Crippen LogP contribution in [0.25, 0.3) is 0 Å². The number of hydrogen-bond donors (Lipinski definition) is 0. The van der Waals surface area contributed by atoms with Crippen LogP contribution < -0.4 is 0 Å². The molecule has 72 valence electrons. The van der Waals surface area contributed by atoms with Gasteiger partial charge in [0, 0.05) is 20.0 Å². The first-order valence-electron chi connectivity index (χ1n) is 4.70. The minimum Gasteiger partial charge on any atom is -0.349 e. The van der Waals surface area contributed by atoms with Crippen LogP contribution in [-0.4, -0.2) is 24.9 Å². The minimum atomic E-state index is 0.176. The van der Waals surface area contributed by atoms with E-state index >= 15 is 0 Å². The van der Waals surface area contributed by atoms with Crippen LogP contribution >= 0.6 is 0 Å². The van der Waals surface area contributed by atoms with E-state index in [1.54, 1.807) is 4.90 Å². The van der Waals surface area contributed by atoms with Crippen LogP contribution in [0.5, 0.6) is 0 Å². The summed E-state index contributed by atoms with van der Waals surface area (Å²) in [6, 6.07) is 0. The molecule has 2 atom stereocenters. The molecule has 0 radical (unpaired) electrons. The summed E-state index contributed by atoms with van der Waals surface area (Å²) in [5, 5.41) is 0. The van der Waals surface area contributed by atoms with Gasteiger partial charge < -0.3 is 4.90 Å². The quantitative estimate of drug-likeness (QED) is 0.634. The number of carbonyl (C=O) groups is 1. The number of nitrogens with zero attached hydrogens (tertiary/aromatic N) is 1. The molecule has 0 heterocycles. The molecule has 2 nitrogen and oxygen atoms in total. The number of hydrogen-bond acceptors (Lipinski definition) is 1. The van der Waals surface area contributed by atoms with Crippen LogP contribution in [-0.2, 0) is 4.79 Å². The average molecular weight is 171 g/mol. The van der Waals surface area contributed by atoms with Gasteiger partial charge in [0.2, 0.25) is 5.91 Å². The highest BCUT2D eigenvalue weighted by atomic mass is 16.2. The summed E-state index contributed by atoms with van der Waals surface area (Å²) in [7, 11) is 3.63. The van der Waals surface area contributed by atoms with Crippen molar-refractivity contribution in [3.8, 4) is 0 Å². The van der Waals surface area contributed by atoms with Gasteiger partial charge in [0.25, 0.3) is 0 Å². The fourth-order valence-electron chi connectivity index (χ4n) is 1.31. The molecule has 0 spiro atoms. The molecule has 0 aromatic rings. The highest BCUT2D eigenvalue weighted by Gasteiger charge is 2.16. The first-order chi connectivity index (χ1) is 5.49. The molecular formula is C10H21NO. The number of rotatable bonds is 4. The van der Waals surface area contributed by atoms with E-state index in [2.05, 4.69) is 13.8 Å². The maximum Gasteiger partial charge on any atom is 0.224 e. The highest BCUT2D eigenvalue weighted by molar-refractivity contribution is 5.77. The largest absolute Gasteiger partial charge is 0.349 e. The standard InChI is InChI=1S/C10H21NO/c1-6-8(2)7-9(3)10(12)11(4)5/h8-9H,6-7H2,1-5H3. The van der Waals surface area contributed by atoms with Crippen LogP contribution in [0.3, 0.4) is 0 Å². The van der Waals surface area contributed by atoms with Crippen molar-refractivity contribution in [2.24, 2.45) is 11.8 Å². The van der Waals surface area contributed by atoms with Crippen molar-refractivity contribution in [2.75, 3.05) is 14.1 Å². The second kappa shape index (κ2) is 5.18. The second-order valence-electron chi connectivity index (χ2n) is 3.88. The van der Waals surface area contributed by atoms with Gasteiger partial charge in [-0.25, -0.2) is 0 Å². The van der Waals surface area contributed by atoms with Crippen molar-refractivity contribution in [3.63, 3.8) is 0 Å². The third-order valence-corrected chi connectivity index (χ3v) is 2.32. The summed E-state index contributed by atoms with van der Waals surface area (Å²) in [4.78, 5) is 13.1. The Hall–Kier alpha value is -0.530. The van der Waals surface area contributed by atoms with E-state index in [-0.39, 0.29) is 11.8 Å². The van der Waals surface area contributed by atoms with Crippen LogP contribution in [0, 0.1) is 11.8 Å². The summed E-state index contributed by atoms with van der Waals surface area (Å²) in [5.41, 5.74) is 0. The fraction of sp³-hybridized carbons (Fsp3) is 0.900. The highest BCUT2D eigenvalue weighted by Crippen LogP contribution is 2.15. The lowest BCUT2D eigenvalue weighted by Gasteiger charge is -2.19. The second-order valence-corrected chi connectivity index (χ2v) is 3.88. The van der Waals surface area contributed by atoms with E-state index in [1.165, 1.54) is 0 Å².